The average Bonchev–Trinajstić information content (AvgIpc) is 3.00. The monoisotopic (exact) mass is 641 g/mol. The van der Waals surface area contributed by atoms with Crippen LogP contribution in [-0.4, -0.2) is 40.8 Å². The number of sulfonamides is 1. The van der Waals surface area contributed by atoms with Crippen molar-refractivity contribution >= 4 is 51.0 Å². The second-order valence-corrected chi connectivity index (χ2v) is 11.7. The molecule has 4 aromatic rings. The molecule has 0 radical (unpaired) electrons. The number of hydrazone groups is 1. The summed E-state index contributed by atoms with van der Waals surface area (Å²) in [5.41, 5.74) is 4.19. The van der Waals surface area contributed by atoms with Gasteiger partial charge in [-0.3, -0.25) is 9.10 Å². The van der Waals surface area contributed by atoms with Crippen LogP contribution >= 0.6 is 23.2 Å². The SMILES string of the molecule is CCOc1cc(/C=N\NC(=O)CN(c2ccc(Cl)cc2)S(=O)(=O)c2ccc(OC)cc2)ccc1OCc1cccc(Cl)c1. The number of rotatable bonds is 13. The van der Waals surface area contributed by atoms with Crippen molar-refractivity contribution in [3.63, 3.8) is 0 Å². The molecule has 0 unspecified atom stereocenters. The maximum atomic E-state index is 13.5. The van der Waals surface area contributed by atoms with E-state index < -0.39 is 22.5 Å². The summed E-state index contributed by atoms with van der Waals surface area (Å²) in [6.07, 6.45) is 1.42. The normalized spacial score (nSPS) is 11.3. The van der Waals surface area contributed by atoms with Crippen molar-refractivity contribution in [2.45, 2.75) is 18.4 Å². The van der Waals surface area contributed by atoms with Crippen LogP contribution in [0.15, 0.2) is 101 Å². The van der Waals surface area contributed by atoms with Gasteiger partial charge in [-0.25, -0.2) is 13.8 Å². The molecule has 0 aliphatic carbocycles. The van der Waals surface area contributed by atoms with Gasteiger partial charge in [0.1, 0.15) is 18.9 Å². The highest BCUT2D eigenvalue weighted by Gasteiger charge is 2.27. The van der Waals surface area contributed by atoms with Crippen LogP contribution in [0.1, 0.15) is 18.1 Å². The summed E-state index contributed by atoms with van der Waals surface area (Å²) in [4.78, 5) is 12.9. The number of carbonyl (C=O) groups is 1. The highest BCUT2D eigenvalue weighted by atomic mass is 35.5. The molecule has 1 amide bonds. The van der Waals surface area contributed by atoms with E-state index in [-0.39, 0.29) is 10.6 Å². The van der Waals surface area contributed by atoms with Crippen molar-refractivity contribution in [3.05, 3.63) is 112 Å². The summed E-state index contributed by atoms with van der Waals surface area (Å²) in [6, 6.07) is 24.6. The zero-order valence-electron chi connectivity index (χ0n) is 23.4. The number of hydrogen-bond donors (Lipinski definition) is 1. The summed E-state index contributed by atoms with van der Waals surface area (Å²) < 4.78 is 44.8. The Morgan fingerprint density at radius 3 is 2.33 bits per heavy atom. The number of halogens is 2. The van der Waals surface area contributed by atoms with Gasteiger partial charge in [-0.05, 0) is 96.9 Å². The second kappa shape index (κ2) is 14.8. The largest absolute Gasteiger partial charge is 0.497 e. The Kier molecular flexibility index (Phi) is 10.9. The van der Waals surface area contributed by atoms with Crippen molar-refractivity contribution in [3.8, 4) is 17.2 Å². The van der Waals surface area contributed by atoms with E-state index in [1.807, 2.05) is 25.1 Å². The quantitative estimate of drug-likeness (QED) is 0.135. The fourth-order valence-electron chi connectivity index (χ4n) is 3.92. The molecule has 0 bridgehead atoms. The van der Waals surface area contributed by atoms with E-state index in [0.717, 1.165) is 9.87 Å². The lowest BCUT2D eigenvalue weighted by Gasteiger charge is -2.23. The van der Waals surface area contributed by atoms with Gasteiger partial charge >= 0.3 is 0 Å². The third kappa shape index (κ3) is 8.63. The fourth-order valence-corrected chi connectivity index (χ4v) is 5.68. The number of benzene rings is 4. The Labute approximate surface area is 260 Å². The van der Waals surface area contributed by atoms with Gasteiger partial charge in [-0.1, -0.05) is 35.3 Å². The Morgan fingerprint density at radius 1 is 0.907 bits per heavy atom. The standard InChI is InChI=1S/C31H29Cl2N3O6S/c1-3-41-30-18-22(7-16-29(30)42-21-23-5-4-6-25(33)17-23)19-34-35-31(37)20-36(26-10-8-24(32)9-11-26)43(38,39)28-14-12-27(40-2)13-15-28/h4-19H,3,20-21H2,1-2H3,(H,35,37)/b34-19-. The van der Waals surface area contributed by atoms with Gasteiger partial charge in [-0.2, -0.15) is 5.10 Å². The summed E-state index contributed by atoms with van der Waals surface area (Å²) in [5.74, 6) is 0.872. The van der Waals surface area contributed by atoms with Gasteiger partial charge < -0.3 is 14.2 Å². The zero-order chi connectivity index (χ0) is 30.8. The third-order valence-corrected chi connectivity index (χ3v) is 8.28. The van der Waals surface area contributed by atoms with Crippen LogP contribution in [0.4, 0.5) is 5.69 Å². The molecule has 43 heavy (non-hydrogen) atoms. The topological polar surface area (TPSA) is 107 Å². The van der Waals surface area contributed by atoms with Crippen LogP contribution in [-0.2, 0) is 21.4 Å². The lowest BCUT2D eigenvalue weighted by molar-refractivity contribution is -0.119. The van der Waals surface area contributed by atoms with Crippen LogP contribution < -0.4 is 23.9 Å². The fraction of sp³-hybridized carbons (Fsp3) is 0.161. The van der Waals surface area contributed by atoms with Crippen LogP contribution in [0.25, 0.3) is 0 Å². The molecule has 12 heteroatoms. The lowest BCUT2D eigenvalue weighted by atomic mass is 10.2. The molecule has 0 heterocycles. The predicted octanol–water partition coefficient (Wildman–Crippen LogP) is 6.33. The summed E-state index contributed by atoms with van der Waals surface area (Å²) in [5, 5.41) is 5.06. The Hall–Kier alpha value is -4.25. The molecular weight excluding hydrogens is 613 g/mol. The molecule has 9 nitrogen and oxygen atoms in total. The van der Waals surface area contributed by atoms with E-state index in [1.54, 1.807) is 36.4 Å². The van der Waals surface area contributed by atoms with Crippen molar-refractivity contribution in [2.24, 2.45) is 5.10 Å². The van der Waals surface area contributed by atoms with Crippen molar-refractivity contribution < 1.29 is 27.4 Å². The highest BCUT2D eigenvalue weighted by Crippen LogP contribution is 2.29. The summed E-state index contributed by atoms with van der Waals surface area (Å²) >= 11 is 12.1. The van der Waals surface area contributed by atoms with E-state index in [9.17, 15) is 13.2 Å². The Bertz CT molecular complexity index is 1680. The minimum absolute atomic E-state index is 0.0133. The van der Waals surface area contributed by atoms with Gasteiger partial charge in [0.05, 0.1) is 30.5 Å². The number of amides is 1. The molecule has 0 aliphatic heterocycles. The zero-order valence-corrected chi connectivity index (χ0v) is 25.7. The second-order valence-electron chi connectivity index (χ2n) is 9.01. The number of carbonyl (C=O) groups excluding carboxylic acids is 1. The van der Waals surface area contributed by atoms with Crippen LogP contribution in [0, 0.1) is 0 Å². The number of methoxy groups -OCH3 is 1. The molecule has 0 fully saturated rings. The summed E-state index contributed by atoms with van der Waals surface area (Å²) in [7, 11) is -2.64. The van der Waals surface area contributed by atoms with Crippen molar-refractivity contribution in [1.29, 1.82) is 0 Å². The Balaban J connectivity index is 1.47. The molecule has 1 N–H and O–H groups in total. The van der Waals surface area contributed by atoms with E-state index in [1.165, 1.54) is 49.7 Å². The van der Waals surface area contributed by atoms with Gasteiger partial charge in [-0.15, -0.1) is 0 Å². The minimum atomic E-state index is -4.12. The van der Waals surface area contributed by atoms with Crippen molar-refractivity contribution in [2.75, 3.05) is 24.6 Å². The molecule has 0 saturated heterocycles. The molecule has 0 aromatic heterocycles. The van der Waals surface area contributed by atoms with Crippen LogP contribution in [0.5, 0.6) is 17.2 Å². The Morgan fingerprint density at radius 2 is 1.65 bits per heavy atom. The smallest absolute Gasteiger partial charge is 0.264 e. The number of anilines is 1. The average molecular weight is 643 g/mol. The number of hydrogen-bond acceptors (Lipinski definition) is 7. The number of nitrogens with zero attached hydrogens (tertiary/aromatic N) is 2. The molecule has 0 atom stereocenters. The first-order chi connectivity index (χ1) is 20.7. The van der Waals surface area contributed by atoms with Crippen LogP contribution in [0.3, 0.4) is 0 Å². The number of nitrogens with one attached hydrogen (secondary N) is 1. The van der Waals surface area contributed by atoms with Crippen molar-refractivity contribution in [1.82, 2.24) is 5.43 Å². The maximum Gasteiger partial charge on any atom is 0.264 e. The van der Waals surface area contributed by atoms with Gasteiger partial charge in [0.25, 0.3) is 15.9 Å². The summed E-state index contributed by atoms with van der Waals surface area (Å²) in [6.45, 7) is 2.03. The first-order valence-corrected chi connectivity index (χ1v) is 15.3. The number of ether oxygens (including phenoxy) is 3. The van der Waals surface area contributed by atoms with E-state index in [4.69, 9.17) is 37.4 Å². The van der Waals surface area contributed by atoms with Gasteiger partial charge in [0, 0.05) is 10.0 Å². The predicted molar refractivity (Wildman–Crippen MR) is 168 cm³/mol. The molecular formula is C31H29Cl2N3O6S. The molecule has 4 aromatic carbocycles. The van der Waals surface area contributed by atoms with Crippen LogP contribution in [0.2, 0.25) is 10.0 Å². The third-order valence-electron chi connectivity index (χ3n) is 6.00. The maximum absolute atomic E-state index is 13.5. The van der Waals surface area contributed by atoms with Gasteiger partial charge in [0.15, 0.2) is 11.5 Å². The lowest BCUT2D eigenvalue weighted by Crippen LogP contribution is -2.39. The first kappa shape index (κ1) is 31.7. The molecule has 0 aliphatic rings. The molecule has 0 spiro atoms. The molecule has 224 valence electrons. The highest BCUT2D eigenvalue weighted by molar-refractivity contribution is 7.92. The molecule has 0 saturated carbocycles. The van der Waals surface area contributed by atoms with Gasteiger partial charge in [0.2, 0.25) is 0 Å². The first-order valence-electron chi connectivity index (χ1n) is 13.1. The van der Waals surface area contributed by atoms with E-state index in [0.29, 0.717) is 46.1 Å². The van der Waals surface area contributed by atoms with E-state index >= 15 is 0 Å². The van der Waals surface area contributed by atoms with E-state index in [2.05, 4.69) is 10.5 Å². The molecule has 4 rings (SSSR count). The minimum Gasteiger partial charge on any atom is -0.497 e.